The summed E-state index contributed by atoms with van der Waals surface area (Å²) in [6, 6.07) is 7.88. The van der Waals surface area contributed by atoms with Crippen LogP contribution >= 0.6 is 0 Å². The highest BCUT2D eigenvalue weighted by molar-refractivity contribution is 5.94. The van der Waals surface area contributed by atoms with Gasteiger partial charge in [0.15, 0.2) is 0 Å². The lowest BCUT2D eigenvalue weighted by Crippen LogP contribution is -2.51. The smallest absolute Gasteiger partial charge is 0.253 e. The molecule has 0 saturated heterocycles. The molecule has 7 heteroatoms. The Morgan fingerprint density at radius 2 is 2.04 bits per heavy atom. The van der Waals surface area contributed by atoms with E-state index < -0.39 is 0 Å². The van der Waals surface area contributed by atoms with Crippen molar-refractivity contribution in [1.82, 2.24) is 20.9 Å². The van der Waals surface area contributed by atoms with Gasteiger partial charge >= 0.3 is 0 Å². The number of carbonyl (C=O) groups is 1. The van der Waals surface area contributed by atoms with Gasteiger partial charge in [-0.25, -0.2) is 0 Å². The van der Waals surface area contributed by atoms with E-state index >= 15 is 0 Å². The second kappa shape index (κ2) is 12.9. The third kappa shape index (κ3) is 9.61. The van der Waals surface area contributed by atoms with E-state index in [0.29, 0.717) is 31.2 Å². The molecule has 1 atom stereocenters. The number of aliphatic hydroxyl groups is 1. The van der Waals surface area contributed by atoms with Gasteiger partial charge in [-0.1, -0.05) is 12.1 Å². The van der Waals surface area contributed by atoms with E-state index in [1.165, 1.54) is 0 Å². The van der Waals surface area contributed by atoms with E-state index in [9.17, 15) is 4.79 Å². The molecule has 0 aliphatic heterocycles. The number of hydrogen-bond donors (Lipinski definition) is 5. The third-order valence-electron chi connectivity index (χ3n) is 4.74. The summed E-state index contributed by atoms with van der Waals surface area (Å²) < 4.78 is 0. The molecule has 1 aromatic rings. The molecule has 0 radical (unpaired) electrons. The normalized spacial score (nSPS) is 12.8. The molecule has 0 aliphatic rings. The van der Waals surface area contributed by atoms with E-state index in [4.69, 9.17) is 10.8 Å². The van der Waals surface area contributed by atoms with Gasteiger partial charge in [-0.05, 0) is 51.4 Å². The van der Waals surface area contributed by atoms with E-state index in [1.807, 2.05) is 31.3 Å². The molecule has 0 bridgehead atoms. The van der Waals surface area contributed by atoms with Gasteiger partial charge in [0.05, 0.1) is 6.61 Å². The summed E-state index contributed by atoms with van der Waals surface area (Å²) in [5.74, 6) is 0.0111. The lowest BCUT2D eigenvalue weighted by Gasteiger charge is -2.30. The molecule has 0 aliphatic carbocycles. The fraction of sp³-hybridized carbons (Fsp3) is 0.667. The van der Waals surface area contributed by atoms with Crippen LogP contribution in [0, 0.1) is 0 Å². The molecule has 0 aromatic heterocycles. The molecule has 0 saturated carbocycles. The van der Waals surface area contributed by atoms with Crippen molar-refractivity contribution in [3.63, 3.8) is 0 Å². The van der Waals surface area contributed by atoms with Crippen LogP contribution in [0.3, 0.4) is 0 Å². The minimum Gasteiger partial charge on any atom is -0.395 e. The maximum atomic E-state index is 12.6. The number of hydrogen-bond acceptors (Lipinski definition) is 6. The van der Waals surface area contributed by atoms with Crippen molar-refractivity contribution in [2.75, 3.05) is 46.4 Å². The molecule has 1 rings (SSSR count). The zero-order valence-electron chi connectivity index (χ0n) is 17.9. The van der Waals surface area contributed by atoms with Gasteiger partial charge in [-0.2, -0.15) is 0 Å². The molecule has 160 valence electrons. The first-order chi connectivity index (χ1) is 13.3. The van der Waals surface area contributed by atoms with Crippen LogP contribution in [0.5, 0.6) is 0 Å². The van der Waals surface area contributed by atoms with Crippen molar-refractivity contribution in [2.45, 2.75) is 45.3 Å². The number of benzene rings is 1. The average molecular weight is 394 g/mol. The highest BCUT2D eigenvalue weighted by atomic mass is 16.3. The van der Waals surface area contributed by atoms with Crippen LogP contribution in [-0.2, 0) is 6.54 Å². The molecule has 6 N–H and O–H groups in total. The van der Waals surface area contributed by atoms with E-state index in [0.717, 1.165) is 31.6 Å². The Hall–Kier alpha value is -1.51. The van der Waals surface area contributed by atoms with E-state index in [2.05, 4.69) is 36.7 Å². The van der Waals surface area contributed by atoms with Crippen molar-refractivity contribution in [3.05, 3.63) is 35.4 Å². The second-order valence-electron chi connectivity index (χ2n) is 7.99. The fourth-order valence-corrected chi connectivity index (χ4v) is 2.83. The number of amides is 1. The first-order valence-electron chi connectivity index (χ1n) is 10.1. The zero-order valence-corrected chi connectivity index (χ0v) is 17.9. The number of likely N-dealkylation sites (N-methyl/N-ethyl adjacent to an activating group) is 1. The Morgan fingerprint density at radius 3 is 2.71 bits per heavy atom. The van der Waals surface area contributed by atoms with Gasteiger partial charge in [0.2, 0.25) is 0 Å². The van der Waals surface area contributed by atoms with E-state index in [-0.39, 0.29) is 18.1 Å². The Balaban J connectivity index is 2.32. The van der Waals surface area contributed by atoms with Crippen LogP contribution in [0.25, 0.3) is 0 Å². The number of nitrogens with two attached hydrogens (primary N) is 1. The van der Waals surface area contributed by atoms with Crippen molar-refractivity contribution in [3.8, 4) is 0 Å². The van der Waals surface area contributed by atoms with Crippen molar-refractivity contribution < 1.29 is 9.90 Å². The second-order valence-corrected chi connectivity index (χ2v) is 7.99. The number of aliphatic hydroxyl groups excluding tert-OH is 1. The summed E-state index contributed by atoms with van der Waals surface area (Å²) in [4.78, 5) is 14.3. The van der Waals surface area contributed by atoms with Gasteiger partial charge < -0.3 is 31.7 Å². The average Bonchev–Trinajstić information content (AvgIpc) is 2.69. The molecule has 1 aromatic carbocycles. The molecule has 0 spiro atoms. The first-order valence-corrected chi connectivity index (χ1v) is 10.1. The van der Waals surface area contributed by atoms with Gasteiger partial charge in [0, 0.05) is 56.9 Å². The van der Waals surface area contributed by atoms with Crippen molar-refractivity contribution >= 4 is 5.91 Å². The molecule has 28 heavy (non-hydrogen) atoms. The lowest BCUT2D eigenvalue weighted by molar-refractivity contribution is 0.0793. The topological polar surface area (TPSA) is 103 Å². The standard InChI is InChI=1S/C21H39N5O2/c1-17(8-9-23-11-13-27)24-16-21(2,3)25-10-12-26(4)20(28)19-7-5-6-18(14-19)15-22/h5-7,14,17,23-25,27H,8-13,15-16,22H2,1-4H3. The first kappa shape index (κ1) is 24.5. The lowest BCUT2D eigenvalue weighted by atomic mass is 10.0. The monoisotopic (exact) mass is 393 g/mol. The summed E-state index contributed by atoms with van der Waals surface area (Å²) in [5.41, 5.74) is 7.22. The number of rotatable bonds is 14. The predicted molar refractivity (Wildman–Crippen MR) is 115 cm³/mol. The predicted octanol–water partition coefficient (Wildman–Crippen LogP) is 0.536. The zero-order chi connectivity index (χ0) is 21.0. The summed E-state index contributed by atoms with van der Waals surface area (Å²) >= 11 is 0. The maximum absolute atomic E-state index is 12.6. The fourth-order valence-electron chi connectivity index (χ4n) is 2.83. The minimum absolute atomic E-state index is 0.0111. The highest BCUT2D eigenvalue weighted by Crippen LogP contribution is 2.08. The summed E-state index contributed by atoms with van der Waals surface area (Å²) in [7, 11) is 1.83. The van der Waals surface area contributed by atoms with Gasteiger partial charge in [-0.3, -0.25) is 4.79 Å². The summed E-state index contributed by atoms with van der Waals surface area (Å²) in [6.45, 7) is 10.8. The highest BCUT2D eigenvalue weighted by Gasteiger charge is 2.19. The largest absolute Gasteiger partial charge is 0.395 e. The van der Waals surface area contributed by atoms with Crippen LogP contribution in [-0.4, -0.2) is 73.9 Å². The molecule has 7 nitrogen and oxygen atoms in total. The molecule has 1 amide bonds. The van der Waals surface area contributed by atoms with Crippen LogP contribution in [0.4, 0.5) is 0 Å². The van der Waals surface area contributed by atoms with Gasteiger partial charge in [-0.15, -0.1) is 0 Å². The molecular formula is C21H39N5O2. The van der Waals surface area contributed by atoms with E-state index in [1.54, 1.807) is 4.90 Å². The Morgan fingerprint density at radius 1 is 1.29 bits per heavy atom. The molecule has 0 heterocycles. The number of carbonyl (C=O) groups excluding carboxylic acids is 1. The summed E-state index contributed by atoms with van der Waals surface area (Å²) in [5, 5.41) is 19.0. The molecule has 1 unspecified atom stereocenters. The van der Waals surface area contributed by atoms with Crippen LogP contribution in [0.15, 0.2) is 24.3 Å². The van der Waals surface area contributed by atoms with Crippen LogP contribution in [0.2, 0.25) is 0 Å². The van der Waals surface area contributed by atoms with Crippen LogP contribution in [0.1, 0.15) is 43.1 Å². The summed E-state index contributed by atoms with van der Waals surface area (Å²) in [6.07, 6.45) is 1.01. The molecular weight excluding hydrogens is 354 g/mol. The molecule has 0 fully saturated rings. The SMILES string of the molecule is CC(CCNCCO)NCC(C)(C)NCCN(C)C(=O)c1cccc(CN)c1. The Labute approximate surface area is 170 Å². The number of nitrogens with one attached hydrogen (secondary N) is 3. The van der Waals surface area contributed by atoms with Gasteiger partial charge in [0.25, 0.3) is 5.91 Å². The number of nitrogens with zero attached hydrogens (tertiary/aromatic N) is 1. The maximum Gasteiger partial charge on any atom is 0.253 e. The quantitative estimate of drug-likeness (QED) is 0.296. The van der Waals surface area contributed by atoms with Crippen molar-refractivity contribution in [1.29, 1.82) is 0 Å². The van der Waals surface area contributed by atoms with Gasteiger partial charge in [0.1, 0.15) is 0 Å². The third-order valence-corrected chi connectivity index (χ3v) is 4.74. The minimum atomic E-state index is -0.0733. The van der Waals surface area contributed by atoms with Crippen molar-refractivity contribution in [2.24, 2.45) is 5.73 Å². The Bertz CT molecular complexity index is 580. The van der Waals surface area contributed by atoms with Crippen LogP contribution < -0.4 is 21.7 Å². The Kier molecular flexibility index (Phi) is 11.3.